The van der Waals surface area contributed by atoms with Gasteiger partial charge < -0.3 is 15.8 Å². The van der Waals surface area contributed by atoms with Gasteiger partial charge in [-0.1, -0.05) is 19.3 Å². The Hall–Kier alpha value is -2.13. The van der Waals surface area contributed by atoms with Crippen molar-refractivity contribution in [3.05, 3.63) is 24.3 Å². The standard InChI is InChI=1S/C21H31N3O5S/c1-15(21(26)23-17-5-3-2-4-6-17)29-18-7-9-19(10-8-18)30(27,28)24-13-11-16(12-14-24)20(22)25/h7-10,15-17H,2-6,11-14H2,1H3,(H2,22,25)(H,23,26)/t15-/m1/s1. The number of nitrogens with zero attached hydrogens (tertiary/aromatic N) is 1. The number of piperidine rings is 1. The van der Waals surface area contributed by atoms with Gasteiger partial charge in [0.05, 0.1) is 4.90 Å². The van der Waals surface area contributed by atoms with Crippen molar-refractivity contribution < 1.29 is 22.7 Å². The van der Waals surface area contributed by atoms with E-state index in [1.54, 1.807) is 19.1 Å². The van der Waals surface area contributed by atoms with Crippen molar-refractivity contribution in [1.82, 2.24) is 9.62 Å². The summed E-state index contributed by atoms with van der Waals surface area (Å²) in [5.41, 5.74) is 5.31. The minimum atomic E-state index is -3.65. The Labute approximate surface area is 178 Å². The summed E-state index contributed by atoms with van der Waals surface area (Å²) in [6.45, 7) is 2.23. The molecule has 1 saturated heterocycles. The van der Waals surface area contributed by atoms with Crippen LogP contribution < -0.4 is 15.8 Å². The van der Waals surface area contributed by atoms with Gasteiger partial charge in [-0.3, -0.25) is 9.59 Å². The van der Waals surface area contributed by atoms with E-state index >= 15 is 0 Å². The first-order valence-corrected chi connectivity index (χ1v) is 12.1. The van der Waals surface area contributed by atoms with Crippen molar-refractivity contribution in [2.75, 3.05) is 13.1 Å². The van der Waals surface area contributed by atoms with Gasteiger partial charge >= 0.3 is 0 Å². The first-order valence-electron chi connectivity index (χ1n) is 10.6. The first kappa shape index (κ1) is 22.6. The van der Waals surface area contributed by atoms with Crippen LogP contribution in [0.3, 0.4) is 0 Å². The molecule has 3 N–H and O–H groups in total. The number of carbonyl (C=O) groups is 2. The predicted octanol–water partition coefficient (Wildman–Crippen LogP) is 1.79. The van der Waals surface area contributed by atoms with Crippen LogP contribution in [0.25, 0.3) is 0 Å². The van der Waals surface area contributed by atoms with Crippen LogP contribution in [0.4, 0.5) is 0 Å². The van der Waals surface area contributed by atoms with Gasteiger partial charge in [0.25, 0.3) is 5.91 Å². The van der Waals surface area contributed by atoms with Gasteiger partial charge in [0, 0.05) is 25.0 Å². The van der Waals surface area contributed by atoms with E-state index in [0.29, 0.717) is 18.6 Å². The Morgan fingerprint density at radius 3 is 2.23 bits per heavy atom. The Morgan fingerprint density at radius 1 is 1.07 bits per heavy atom. The maximum absolute atomic E-state index is 12.8. The second-order valence-electron chi connectivity index (χ2n) is 8.16. The fourth-order valence-electron chi connectivity index (χ4n) is 4.04. The van der Waals surface area contributed by atoms with Crippen LogP contribution in [-0.4, -0.2) is 49.8 Å². The number of hydrogen-bond donors (Lipinski definition) is 2. The molecule has 1 saturated carbocycles. The highest BCUT2D eigenvalue weighted by atomic mass is 32.2. The molecule has 3 rings (SSSR count). The molecule has 8 nitrogen and oxygen atoms in total. The number of nitrogens with two attached hydrogens (primary N) is 1. The topological polar surface area (TPSA) is 119 Å². The number of carbonyl (C=O) groups excluding carboxylic acids is 2. The molecule has 2 fully saturated rings. The smallest absolute Gasteiger partial charge is 0.260 e. The molecule has 0 bridgehead atoms. The lowest BCUT2D eigenvalue weighted by Crippen LogP contribution is -2.43. The van der Waals surface area contributed by atoms with Gasteiger partial charge in [0.1, 0.15) is 5.75 Å². The highest BCUT2D eigenvalue weighted by Gasteiger charge is 2.31. The van der Waals surface area contributed by atoms with E-state index in [4.69, 9.17) is 10.5 Å². The predicted molar refractivity (Wildman–Crippen MR) is 112 cm³/mol. The van der Waals surface area contributed by atoms with E-state index in [9.17, 15) is 18.0 Å². The lowest BCUT2D eigenvalue weighted by Gasteiger charge is -2.29. The van der Waals surface area contributed by atoms with E-state index in [0.717, 1.165) is 25.7 Å². The monoisotopic (exact) mass is 437 g/mol. The van der Waals surface area contributed by atoms with Gasteiger partial charge in [0.2, 0.25) is 15.9 Å². The average Bonchev–Trinajstić information content (AvgIpc) is 2.75. The zero-order chi connectivity index (χ0) is 21.7. The Balaban J connectivity index is 1.56. The van der Waals surface area contributed by atoms with E-state index < -0.39 is 16.1 Å². The lowest BCUT2D eigenvalue weighted by atomic mass is 9.95. The van der Waals surface area contributed by atoms with Crippen molar-refractivity contribution in [3.63, 3.8) is 0 Å². The summed E-state index contributed by atoms with van der Waals surface area (Å²) in [5, 5.41) is 3.03. The minimum absolute atomic E-state index is 0.157. The first-order chi connectivity index (χ1) is 14.3. The molecule has 2 aliphatic rings. The molecular weight excluding hydrogens is 406 g/mol. The molecule has 30 heavy (non-hydrogen) atoms. The van der Waals surface area contributed by atoms with Gasteiger partial charge in [-0.15, -0.1) is 0 Å². The maximum atomic E-state index is 12.8. The van der Waals surface area contributed by atoms with Gasteiger partial charge in [0.15, 0.2) is 6.10 Å². The van der Waals surface area contributed by atoms with Crippen molar-refractivity contribution in [2.24, 2.45) is 11.7 Å². The highest BCUT2D eigenvalue weighted by molar-refractivity contribution is 7.89. The van der Waals surface area contributed by atoms with Crippen LogP contribution in [0.5, 0.6) is 5.75 Å². The van der Waals surface area contributed by atoms with Crippen molar-refractivity contribution in [2.45, 2.75) is 68.9 Å². The Kier molecular flexibility index (Phi) is 7.36. The highest BCUT2D eigenvalue weighted by Crippen LogP contribution is 2.25. The zero-order valence-corrected chi connectivity index (χ0v) is 18.2. The summed E-state index contributed by atoms with van der Waals surface area (Å²) < 4.78 is 32.7. The molecule has 1 aromatic carbocycles. The van der Waals surface area contributed by atoms with E-state index in [-0.39, 0.29) is 41.8 Å². The van der Waals surface area contributed by atoms with E-state index in [2.05, 4.69) is 5.32 Å². The van der Waals surface area contributed by atoms with Crippen LogP contribution >= 0.6 is 0 Å². The number of amides is 2. The fraction of sp³-hybridized carbons (Fsp3) is 0.619. The van der Waals surface area contributed by atoms with Crippen LogP contribution in [0.2, 0.25) is 0 Å². The molecule has 166 valence electrons. The van der Waals surface area contributed by atoms with Crippen LogP contribution in [-0.2, 0) is 19.6 Å². The third-order valence-corrected chi connectivity index (χ3v) is 7.86. The lowest BCUT2D eigenvalue weighted by molar-refractivity contribution is -0.128. The molecule has 1 aliphatic heterocycles. The van der Waals surface area contributed by atoms with Gasteiger partial charge in [-0.2, -0.15) is 4.31 Å². The molecule has 1 atom stereocenters. The van der Waals surface area contributed by atoms with Gasteiger partial charge in [-0.25, -0.2) is 8.42 Å². The number of sulfonamides is 1. The number of nitrogens with one attached hydrogen (secondary N) is 1. The normalized spacial score (nSPS) is 20.4. The third-order valence-electron chi connectivity index (χ3n) is 5.95. The Bertz CT molecular complexity index is 842. The van der Waals surface area contributed by atoms with Crippen LogP contribution in [0.1, 0.15) is 51.9 Å². The molecule has 1 aromatic rings. The molecule has 2 amide bonds. The number of ether oxygens (including phenoxy) is 1. The zero-order valence-electron chi connectivity index (χ0n) is 17.4. The summed E-state index contributed by atoms with van der Waals surface area (Å²) >= 11 is 0. The second-order valence-corrected chi connectivity index (χ2v) is 10.1. The molecule has 1 heterocycles. The van der Waals surface area contributed by atoms with Gasteiger partial charge in [-0.05, 0) is 56.9 Å². The van der Waals surface area contributed by atoms with Crippen molar-refractivity contribution in [3.8, 4) is 5.75 Å². The number of benzene rings is 1. The van der Waals surface area contributed by atoms with Crippen LogP contribution in [0, 0.1) is 5.92 Å². The quantitative estimate of drug-likeness (QED) is 0.674. The number of hydrogen-bond acceptors (Lipinski definition) is 5. The minimum Gasteiger partial charge on any atom is -0.481 e. The Morgan fingerprint density at radius 2 is 1.67 bits per heavy atom. The molecule has 1 aliphatic carbocycles. The fourth-order valence-corrected chi connectivity index (χ4v) is 5.51. The summed E-state index contributed by atoms with van der Waals surface area (Å²) in [6.07, 6.45) is 5.70. The van der Waals surface area contributed by atoms with E-state index in [1.807, 2.05) is 0 Å². The maximum Gasteiger partial charge on any atom is 0.260 e. The summed E-state index contributed by atoms with van der Waals surface area (Å²) in [6, 6.07) is 6.30. The average molecular weight is 438 g/mol. The number of primary amides is 1. The molecule has 0 spiro atoms. The largest absolute Gasteiger partial charge is 0.481 e. The molecule has 0 aromatic heterocycles. The molecule has 0 unspecified atom stereocenters. The van der Waals surface area contributed by atoms with Crippen molar-refractivity contribution >= 4 is 21.8 Å². The summed E-state index contributed by atoms with van der Waals surface area (Å²) in [7, 11) is -3.65. The summed E-state index contributed by atoms with van der Waals surface area (Å²) in [4.78, 5) is 23.8. The second kappa shape index (κ2) is 9.78. The molecular formula is C21H31N3O5S. The third kappa shape index (κ3) is 5.51. The molecule has 0 radical (unpaired) electrons. The van der Waals surface area contributed by atoms with Crippen molar-refractivity contribution in [1.29, 1.82) is 0 Å². The van der Waals surface area contributed by atoms with Crippen LogP contribution in [0.15, 0.2) is 29.2 Å². The number of rotatable bonds is 7. The van der Waals surface area contributed by atoms with E-state index in [1.165, 1.54) is 22.9 Å². The molecule has 9 heteroatoms. The SMILES string of the molecule is C[C@@H](Oc1ccc(S(=O)(=O)N2CCC(C(N)=O)CC2)cc1)C(=O)NC1CCCCC1. The summed E-state index contributed by atoms with van der Waals surface area (Å²) in [5.74, 6) is -0.368.